The van der Waals surface area contributed by atoms with E-state index in [-0.39, 0.29) is 12.0 Å². The quantitative estimate of drug-likeness (QED) is 0.0894. The number of halogens is 2. The number of anilines is 4. The molecule has 13 nitrogen and oxygen atoms in total. The molecule has 0 aliphatic carbocycles. The highest BCUT2D eigenvalue weighted by atomic mass is 79.9. The van der Waals surface area contributed by atoms with Crippen molar-refractivity contribution >= 4 is 117 Å². The second kappa shape index (κ2) is 20.1. The van der Waals surface area contributed by atoms with Gasteiger partial charge in [0.2, 0.25) is 0 Å². The van der Waals surface area contributed by atoms with Crippen molar-refractivity contribution in [1.29, 1.82) is 5.26 Å². The molecule has 4 aromatic carbocycles. The normalized spacial score (nSPS) is 14.4. The van der Waals surface area contributed by atoms with E-state index in [1.165, 1.54) is 7.11 Å². The number of nitriles is 1. The number of thiocarbonyl (C=S) groups is 2. The van der Waals surface area contributed by atoms with Crippen molar-refractivity contribution in [2.75, 3.05) is 53.7 Å². The average molecular weight is 968 g/mol. The Morgan fingerprint density at radius 3 is 1.70 bits per heavy atom. The largest absolute Gasteiger partial charge is 0.465 e. The van der Waals surface area contributed by atoms with Crippen LogP contribution in [0.15, 0.2) is 106 Å². The van der Waals surface area contributed by atoms with Gasteiger partial charge < -0.3 is 35.8 Å². The van der Waals surface area contributed by atoms with Crippen LogP contribution in [0.3, 0.4) is 0 Å². The first-order chi connectivity index (χ1) is 29.1. The Morgan fingerprint density at radius 1 is 0.717 bits per heavy atom. The van der Waals surface area contributed by atoms with E-state index in [4.69, 9.17) is 34.4 Å². The van der Waals surface area contributed by atoms with Crippen molar-refractivity contribution in [3.8, 4) is 6.07 Å². The molecular weight excluding hydrogens is 926 g/mol. The van der Waals surface area contributed by atoms with Gasteiger partial charge in [-0.2, -0.15) is 15.5 Å². The number of nitrogens with one attached hydrogen (secondary N) is 4. The van der Waals surface area contributed by atoms with Crippen molar-refractivity contribution in [1.82, 2.24) is 31.0 Å². The number of piperidine rings is 2. The molecule has 2 aliphatic heterocycles. The number of benzene rings is 4. The van der Waals surface area contributed by atoms with Gasteiger partial charge in [0.05, 0.1) is 36.7 Å². The molecular formula is C43H41Br2N11O2S2. The van der Waals surface area contributed by atoms with Crippen LogP contribution in [0.25, 0.3) is 21.5 Å². The maximum absolute atomic E-state index is 11.5. The van der Waals surface area contributed by atoms with Gasteiger partial charge in [-0.1, -0.05) is 37.9 Å². The van der Waals surface area contributed by atoms with E-state index < -0.39 is 0 Å². The molecule has 6 aromatic rings. The van der Waals surface area contributed by atoms with E-state index >= 15 is 0 Å². The standard InChI is InChI=1S/C22H22BrN5O2S.C21H19BrN6S/c1-30-21(29)14-2-5-17(6-3-14)25-22(31)26-18-8-10-28(11-9-18)20-19-7-4-16(23)12-15(19)13-24-27-20;22-16-4-5-19-15(11-16)13-24-27-20(19)28-8-6-17(7-9-28)25-21(29)26-18-3-1-2-14(10-18)12-23/h2-7,12-13,18H,8-11H2,1H3,(H2,25,26,31);1-5,10-11,13,17H,6-9H2,(H2,25,26,29). The van der Waals surface area contributed by atoms with Crippen molar-refractivity contribution in [3.05, 3.63) is 117 Å². The Kier molecular flexibility index (Phi) is 14.3. The van der Waals surface area contributed by atoms with Crippen LogP contribution in [-0.2, 0) is 4.74 Å². The molecule has 8 rings (SSSR count). The number of fused-ring (bicyclic) bond motifs is 2. The zero-order valence-corrected chi connectivity index (χ0v) is 37.4. The fraction of sp³-hybridized carbons (Fsp3) is 0.256. The van der Waals surface area contributed by atoms with Crippen LogP contribution < -0.4 is 31.1 Å². The van der Waals surface area contributed by atoms with Crippen molar-refractivity contribution in [2.24, 2.45) is 0 Å². The molecule has 0 spiro atoms. The summed E-state index contributed by atoms with van der Waals surface area (Å²) in [5.74, 6) is 1.50. The molecule has 2 aliphatic rings. The van der Waals surface area contributed by atoms with Gasteiger partial charge in [-0.3, -0.25) is 0 Å². The lowest BCUT2D eigenvalue weighted by Gasteiger charge is -2.34. The monoisotopic (exact) mass is 965 g/mol. The van der Waals surface area contributed by atoms with Crippen molar-refractivity contribution < 1.29 is 9.53 Å². The first-order valence-electron chi connectivity index (χ1n) is 19.3. The Balaban J connectivity index is 0.000000182. The third-order valence-corrected chi connectivity index (χ3v) is 11.7. The predicted octanol–water partition coefficient (Wildman–Crippen LogP) is 8.35. The second-order valence-corrected chi connectivity index (χ2v) is 16.9. The number of rotatable bonds is 7. The summed E-state index contributed by atoms with van der Waals surface area (Å²) >= 11 is 17.9. The highest BCUT2D eigenvalue weighted by Crippen LogP contribution is 2.30. The molecule has 0 atom stereocenters. The number of carbonyl (C=O) groups is 1. The number of aromatic nitrogens is 4. The maximum Gasteiger partial charge on any atom is 0.337 e. The highest BCUT2D eigenvalue weighted by molar-refractivity contribution is 9.10. The third-order valence-electron chi connectivity index (χ3n) is 10.3. The molecule has 17 heteroatoms. The molecule has 0 amide bonds. The lowest BCUT2D eigenvalue weighted by atomic mass is 10.0. The number of carbonyl (C=O) groups excluding carboxylic acids is 1. The molecule has 4 heterocycles. The van der Waals surface area contributed by atoms with Crippen LogP contribution in [0.2, 0.25) is 0 Å². The van der Waals surface area contributed by atoms with Crippen LogP contribution in [0, 0.1) is 11.3 Å². The summed E-state index contributed by atoms with van der Waals surface area (Å²) in [4.78, 5) is 16.1. The van der Waals surface area contributed by atoms with Gasteiger partial charge in [-0.15, -0.1) is 10.2 Å². The lowest BCUT2D eigenvalue weighted by molar-refractivity contribution is 0.0600. The molecule has 0 bridgehead atoms. The summed E-state index contributed by atoms with van der Waals surface area (Å²) in [7, 11) is 1.37. The van der Waals surface area contributed by atoms with E-state index in [0.29, 0.717) is 27.4 Å². The molecule has 2 aromatic heterocycles. The third kappa shape index (κ3) is 11.0. The molecule has 60 heavy (non-hydrogen) atoms. The fourth-order valence-corrected chi connectivity index (χ4v) is 8.53. The van der Waals surface area contributed by atoms with Gasteiger partial charge in [-0.05, 0) is 129 Å². The second-order valence-electron chi connectivity index (χ2n) is 14.3. The van der Waals surface area contributed by atoms with E-state index in [1.54, 1.807) is 48.8 Å². The molecule has 306 valence electrons. The average Bonchev–Trinajstić information content (AvgIpc) is 3.26. The Labute approximate surface area is 375 Å². The van der Waals surface area contributed by atoms with E-state index in [9.17, 15) is 4.79 Å². The molecule has 0 radical (unpaired) electrons. The summed E-state index contributed by atoms with van der Waals surface area (Å²) in [6.07, 6.45) is 7.38. The van der Waals surface area contributed by atoms with E-state index in [0.717, 1.165) is 105 Å². The van der Waals surface area contributed by atoms with Crippen LogP contribution in [0.5, 0.6) is 0 Å². The molecule has 4 N–H and O–H groups in total. The number of ether oxygens (including phenoxy) is 1. The minimum atomic E-state index is -0.359. The van der Waals surface area contributed by atoms with E-state index in [1.807, 2.05) is 24.3 Å². The number of hydrogen-bond donors (Lipinski definition) is 4. The van der Waals surface area contributed by atoms with Crippen LogP contribution in [0.1, 0.15) is 41.6 Å². The van der Waals surface area contributed by atoms with Gasteiger partial charge in [-0.25, -0.2) is 4.79 Å². The summed E-state index contributed by atoms with van der Waals surface area (Å²) in [5.41, 5.74) is 2.74. The van der Waals surface area contributed by atoms with E-state index in [2.05, 4.69) is 114 Å². The first-order valence-corrected chi connectivity index (χ1v) is 21.7. The summed E-state index contributed by atoms with van der Waals surface area (Å²) in [6.45, 7) is 3.51. The number of methoxy groups -OCH3 is 1. The Bertz CT molecular complexity index is 2540. The zero-order chi connectivity index (χ0) is 42.0. The van der Waals surface area contributed by atoms with Gasteiger partial charge in [0.25, 0.3) is 0 Å². The van der Waals surface area contributed by atoms with Crippen molar-refractivity contribution in [2.45, 2.75) is 37.8 Å². The lowest BCUT2D eigenvalue weighted by Crippen LogP contribution is -2.46. The van der Waals surface area contributed by atoms with Gasteiger partial charge in [0, 0.05) is 80.1 Å². The summed E-state index contributed by atoms with van der Waals surface area (Å²) < 4.78 is 6.78. The minimum Gasteiger partial charge on any atom is -0.465 e. The van der Waals surface area contributed by atoms with Crippen LogP contribution in [-0.4, -0.2) is 82.0 Å². The SMILES string of the molecule is COC(=O)c1ccc(NC(=S)NC2CCN(c3nncc4cc(Br)ccc34)CC2)cc1.N#Cc1cccc(NC(=S)NC2CCN(c3nncc4cc(Br)ccc34)CC2)c1. The summed E-state index contributed by atoms with van der Waals surface area (Å²) in [6, 6.07) is 29.4. The number of esters is 1. The van der Waals surface area contributed by atoms with Crippen LogP contribution in [0.4, 0.5) is 23.0 Å². The fourth-order valence-electron chi connectivity index (χ4n) is 7.20. The minimum absolute atomic E-state index is 0.280. The highest BCUT2D eigenvalue weighted by Gasteiger charge is 2.24. The maximum atomic E-state index is 11.5. The molecule has 0 unspecified atom stereocenters. The predicted molar refractivity (Wildman–Crippen MR) is 253 cm³/mol. The van der Waals surface area contributed by atoms with Gasteiger partial charge in [0.1, 0.15) is 0 Å². The smallest absolute Gasteiger partial charge is 0.337 e. The number of hydrogen-bond acceptors (Lipinski definition) is 11. The first kappa shape index (κ1) is 42.6. The van der Waals surface area contributed by atoms with Gasteiger partial charge >= 0.3 is 5.97 Å². The Hall–Kier alpha value is -5.54. The number of nitrogens with zero attached hydrogens (tertiary/aromatic N) is 7. The van der Waals surface area contributed by atoms with Gasteiger partial charge in [0.15, 0.2) is 21.9 Å². The molecule has 2 saturated heterocycles. The molecule has 2 fully saturated rings. The Morgan fingerprint density at radius 2 is 1.22 bits per heavy atom. The topological polar surface area (TPSA) is 156 Å². The zero-order valence-electron chi connectivity index (χ0n) is 32.6. The van der Waals surface area contributed by atoms with Crippen molar-refractivity contribution in [3.63, 3.8) is 0 Å². The summed E-state index contributed by atoms with van der Waals surface area (Å²) in [5, 5.41) is 44.8. The van der Waals surface area contributed by atoms with Crippen LogP contribution >= 0.6 is 56.3 Å². The molecule has 0 saturated carbocycles.